The average Bonchev–Trinajstić information content (AvgIpc) is 0.746. The highest BCUT2D eigenvalue weighted by Gasteiger charge is 2.47. The Bertz CT molecular complexity index is 7350. The highest BCUT2D eigenvalue weighted by atomic mass is 32.2. The minimum Gasteiger partial charge on any atom is -0.748 e. The van der Waals surface area contributed by atoms with Crippen LogP contribution in [-0.4, -0.2) is 141 Å². The zero-order chi connectivity index (χ0) is 105. The molecule has 1 aliphatic rings. The number of aryl methyl sites for hydroxylation is 10. The van der Waals surface area contributed by atoms with Crippen LogP contribution in [0.25, 0.3) is 43.6 Å². The van der Waals surface area contributed by atoms with Crippen molar-refractivity contribution >= 4 is 121 Å². The van der Waals surface area contributed by atoms with E-state index in [0.717, 1.165) is 0 Å². The van der Waals surface area contributed by atoms with Gasteiger partial charge in [0.25, 0.3) is 20.2 Å². The van der Waals surface area contributed by atoms with Gasteiger partial charge in [-0.05, 0) is 256 Å². The van der Waals surface area contributed by atoms with E-state index in [1.807, 2.05) is 69.2 Å². The van der Waals surface area contributed by atoms with Crippen LogP contribution in [0.15, 0.2) is 212 Å². The summed E-state index contributed by atoms with van der Waals surface area (Å²) in [7, 11) is -9.82. The molecule has 0 saturated heterocycles. The van der Waals surface area contributed by atoms with Crippen LogP contribution < -0.4 is 42.5 Å². The summed E-state index contributed by atoms with van der Waals surface area (Å²) in [5, 5.41) is 2.07. The van der Waals surface area contributed by atoms with Gasteiger partial charge in [0, 0.05) is 60.8 Å². The number of rotatable bonds is 33. The molecule has 14 rings (SSSR count). The summed E-state index contributed by atoms with van der Waals surface area (Å²) in [6.45, 7) is 25.3. The van der Waals surface area contributed by atoms with E-state index in [1.165, 1.54) is 69.9 Å². The van der Waals surface area contributed by atoms with E-state index >= 15 is 0 Å². The zero-order valence-corrected chi connectivity index (χ0v) is 84.6. The maximum absolute atomic E-state index is 14.2. The lowest BCUT2D eigenvalue weighted by Crippen LogP contribution is -2.38. The van der Waals surface area contributed by atoms with Crippen molar-refractivity contribution in [3.05, 3.63) is 307 Å². The van der Waals surface area contributed by atoms with Crippen molar-refractivity contribution in [2.75, 3.05) is 50.0 Å². The van der Waals surface area contributed by atoms with E-state index in [-0.39, 0.29) is 79.6 Å². The summed E-state index contributed by atoms with van der Waals surface area (Å²) in [6, 6.07) is 57.2. The largest absolute Gasteiger partial charge is 0.748 e. The smallest absolute Gasteiger partial charge is 0.420 e. The molecule has 760 valence electrons. The number of alkyl halides is 6. The number of carbonyl (C=O) groups is 6. The van der Waals surface area contributed by atoms with E-state index in [9.17, 15) is 84.9 Å². The number of fused-ring (bicyclic) bond motifs is 6. The third-order valence-corrected chi connectivity index (χ3v) is 26.6. The number of para-hydroxylation sites is 3. The summed E-state index contributed by atoms with van der Waals surface area (Å²) in [5.74, 6) is -3.86. The van der Waals surface area contributed by atoms with E-state index in [1.54, 1.807) is 206 Å². The molecule has 0 spiro atoms. The Balaban J connectivity index is 0.000000194. The summed E-state index contributed by atoms with van der Waals surface area (Å²) in [4.78, 5) is 80.5. The van der Waals surface area contributed by atoms with Crippen molar-refractivity contribution in [3.63, 3.8) is 0 Å². The first kappa shape index (κ1) is 109. The molecule has 11 aromatic carbocycles. The quantitative estimate of drug-likeness (QED) is 0.00539. The van der Waals surface area contributed by atoms with Crippen molar-refractivity contribution < 1.29 is 145 Å². The molecular formula is C108H110F6N3O24S3+. The van der Waals surface area contributed by atoms with Gasteiger partial charge in [0.1, 0.15) is 40.4 Å². The van der Waals surface area contributed by atoms with Gasteiger partial charge in [-0.15, -0.1) is 0 Å². The Morgan fingerprint density at radius 1 is 0.375 bits per heavy atom. The molecule has 27 nitrogen and oxygen atoms in total. The van der Waals surface area contributed by atoms with E-state index < -0.39 is 114 Å². The number of halogens is 6. The van der Waals surface area contributed by atoms with E-state index in [2.05, 4.69) is 0 Å². The van der Waals surface area contributed by atoms with Crippen LogP contribution in [0.3, 0.4) is 0 Å². The SMILES string of the molecule is COC(=O)c1cc(C)c(OC(=O)C2c3ccccc3N(CCCS(=O)(=O)OC(c3ccc(C)cc3)C(F)(F)F)c3ccc(OC(C)C)cc32)c(C)c1.COC(=O)c1cc(C)c(OC(=O)c2c3ccccc3[n+](CCCS(=O)(=O)OC(c3ccc(C)cc3)C(F)(F)F)c3ccc(OC(C)C)cc23)c(C)c1.COC(=O)c1cc(C)c(OC(=O)c2c3ccccc3[n+](CCCS(=O)(=O)[O-])c3ccc(OC(C)C)cc23)c(C)c1. The number of carbonyl (C=O) groups excluding carboxylic acids is 6. The van der Waals surface area contributed by atoms with Crippen LogP contribution >= 0.6 is 0 Å². The lowest BCUT2D eigenvalue weighted by atomic mass is 9.84. The molecule has 0 saturated carbocycles. The zero-order valence-electron chi connectivity index (χ0n) is 82.2. The number of nitrogens with zero attached hydrogens (tertiary/aromatic N) is 3. The number of aromatic nitrogens is 2. The van der Waals surface area contributed by atoms with Crippen LogP contribution in [-0.2, 0) is 70.8 Å². The molecule has 0 aliphatic carbocycles. The predicted octanol–water partition coefficient (Wildman–Crippen LogP) is 21.1. The van der Waals surface area contributed by atoms with Gasteiger partial charge in [0.05, 0.1) is 111 Å². The first-order valence-electron chi connectivity index (χ1n) is 45.9. The fourth-order valence-electron chi connectivity index (χ4n) is 17.2. The van der Waals surface area contributed by atoms with Gasteiger partial charge in [-0.1, -0.05) is 102 Å². The standard InChI is InChI=1S/C39H40F3NO8S.C39H39F3NO8S.C30H31NO8S/c2*1-23(2)49-29-16-17-33-31(22-29)34(38(45)50-35-25(4)20-28(21-26(35)5)37(44)48-6)30-10-7-8-11-32(30)43(33)18-9-19-52(46,47)51-36(39(40,41)42)27-14-12-24(3)13-15-27;1-18(2)38-22-11-12-26-24(17-22)27(23-9-6-7-10-25(23)31(26)13-8-14-40(34,35)36)30(33)39-28-19(3)15-21(16-20(28)4)29(32)37-5/h7-8,10-17,20-23,34,36H,9,18-19H2,1-6H3;7-8,10-17,20-23,36H,9,18-19H2,1-6H3;6-7,9-12,15-18H,8,13-14H2,1-5H3/q;+1;. The third kappa shape index (κ3) is 26.6. The number of hydrogen-bond donors (Lipinski definition) is 0. The molecule has 3 heterocycles. The normalized spacial score (nSPS) is 13.1. The molecule has 0 radical (unpaired) electrons. The van der Waals surface area contributed by atoms with Crippen molar-refractivity contribution in [1.82, 2.24) is 0 Å². The Kier molecular flexibility index (Phi) is 34.6. The summed E-state index contributed by atoms with van der Waals surface area (Å²) < 4.78 is 233. The topological polar surface area (TPSA) is 340 Å². The molecule has 0 bridgehead atoms. The lowest BCUT2D eigenvalue weighted by Gasteiger charge is -2.37. The molecule has 13 aromatic rings. The Labute approximate surface area is 830 Å². The molecule has 0 N–H and O–H groups in total. The number of hydrogen-bond acceptors (Lipinski definition) is 25. The van der Waals surface area contributed by atoms with Gasteiger partial charge in [0.15, 0.2) is 25.3 Å². The number of anilines is 2. The Morgan fingerprint density at radius 2 is 0.708 bits per heavy atom. The summed E-state index contributed by atoms with van der Waals surface area (Å²) in [6.07, 6.45) is -15.8. The molecule has 2 aromatic heterocycles. The molecule has 0 fully saturated rings. The van der Waals surface area contributed by atoms with Crippen LogP contribution in [0.5, 0.6) is 34.5 Å². The highest BCUT2D eigenvalue weighted by Crippen LogP contribution is 2.49. The lowest BCUT2D eigenvalue weighted by molar-refractivity contribution is -0.645. The Morgan fingerprint density at radius 3 is 1.08 bits per heavy atom. The van der Waals surface area contributed by atoms with Crippen LogP contribution in [0.2, 0.25) is 0 Å². The number of benzene rings is 11. The van der Waals surface area contributed by atoms with E-state index in [4.69, 9.17) is 51.0 Å². The highest BCUT2D eigenvalue weighted by molar-refractivity contribution is 7.87. The maximum atomic E-state index is 14.2. The van der Waals surface area contributed by atoms with Crippen molar-refractivity contribution in [2.45, 2.75) is 178 Å². The first-order valence-corrected chi connectivity index (χ1v) is 50.6. The maximum Gasteiger partial charge on any atom is 0.420 e. The summed E-state index contributed by atoms with van der Waals surface area (Å²) in [5.41, 5.74) is 10.3. The second kappa shape index (κ2) is 45.8. The number of pyridine rings is 2. The van der Waals surface area contributed by atoms with Gasteiger partial charge in [-0.3, -0.25) is 13.2 Å². The van der Waals surface area contributed by atoms with Gasteiger partial charge >= 0.3 is 48.2 Å². The fourth-order valence-corrected chi connectivity index (χ4v) is 19.9. The monoisotopic (exact) mass is 2040 g/mol. The summed E-state index contributed by atoms with van der Waals surface area (Å²) >= 11 is 0. The molecule has 1 aliphatic heterocycles. The van der Waals surface area contributed by atoms with Gasteiger partial charge in [0.2, 0.25) is 22.1 Å². The van der Waals surface area contributed by atoms with Crippen molar-refractivity contribution in [3.8, 4) is 34.5 Å². The molecule has 144 heavy (non-hydrogen) atoms. The van der Waals surface area contributed by atoms with Crippen LogP contribution in [0.4, 0.5) is 37.7 Å². The van der Waals surface area contributed by atoms with Crippen molar-refractivity contribution in [1.29, 1.82) is 0 Å². The molecule has 3 atom stereocenters. The third-order valence-electron chi connectivity index (χ3n) is 23.3. The first-order chi connectivity index (χ1) is 67.9. The predicted molar refractivity (Wildman–Crippen MR) is 528 cm³/mol. The minimum absolute atomic E-state index is 0.0493. The number of methoxy groups -OCH3 is 3. The van der Waals surface area contributed by atoms with Crippen molar-refractivity contribution in [2.24, 2.45) is 0 Å². The second-order valence-corrected chi connectivity index (χ2v) is 40.5. The average molecular weight is 2040 g/mol. The Hall–Kier alpha value is -13.9. The fraction of sp³-hybridized carbons (Fsp3) is 0.315. The van der Waals surface area contributed by atoms with Crippen LogP contribution in [0, 0.1) is 55.4 Å². The number of ether oxygens (including phenoxy) is 9. The number of esters is 6. The van der Waals surface area contributed by atoms with Gasteiger partial charge < -0.3 is 52.1 Å². The molecule has 3 unspecified atom stereocenters. The van der Waals surface area contributed by atoms with Crippen LogP contribution in [0.1, 0.15) is 197 Å². The van der Waals surface area contributed by atoms with E-state index in [0.29, 0.717) is 162 Å². The molecule has 0 amide bonds. The molecule has 36 heteroatoms. The molecular weight excluding hydrogens is 1930 g/mol. The minimum atomic E-state index is -4.97. The van der Waals surface area contributed by atoms with Gasteiger partial charge in [-0.25, -0.2) is 32.4 Å². The second-order valence-electron chi connectivity index (χ2n) is 35.5. The van der Waals surface area contributed by atoms with Gasteiger partial charge in [-0.2, -0.15) is 52.3 Å².